The molecule has 1 aliphatic rings. The van der Waals surface area contributed by atoms with Crippen molar-refractivity contribution in [2.45, 2.75) is 33.2 Å². The second-order valence-electron chi connectivity index (χ2n) is 6.38. The summed E-state index contributed by atoms with van der Waals surface area (Å²) in [5.74, 6) is -2.06. The monoisotopic (exact) mass is 300 g/mol. The van der Waals surface area contributed by atoms with Crippen LogP contribution in [-0.4, -0.2) is 60.6 Å². The van der Waals surface area contributed by atoms with Crippen LogP contribution in [-0.2, 0) is 19.1 Å². The molecule has 1 saturated heterocycles. The maximum absolute atomic E-state index is 12.2. The first-order valence-corrected chi connectivity index (χ1v) is 6.96. The van der Waals surface area contributed by atoms with Gasteiger partial charge in [0.05, 0.1) is 12.5 Å². The van der Waals surface area contributed by atoms with Gasteiger partial charge >= 0.3 is 5.97 Å². The van der Waals surface area contributed by atoms with Crippen molar-refractivity contribution in [1.82, 2.24) is 10.2 Å². The normalized spacial score (nSPS) is 20.5. The molecule has 0 aromatic heterocycles. The number of ether oxygens (including phenoxy) is 1. The number of likely N-dealkylation sites (tertiary alicyclic amines) is 1. The largest absolute Gasteiger partial charge is 0.480 e. The van der Waals surface area contributed by atoms with E-state index in [2.05, 4.69) is 5.32 Å². The summed E-state index contributed by atoms with van der Waals surface area (Å²) in [6.07, 6.45) is 0.117. The van der Waals surface area contributed by atoms with Crippen LogP contribution in [0.3, 0.4) is 0 Å². The fraction of sp³-hybridized carbons (Fsp3) is 0.786. The SMILES string of the molecule is COCCN1CC(C(=O)N[C@H](C(=O)O)C(C)(C)C)CC1=O. The lowest BCUT2D eigenvalue weighted by Crippen LogP contribution is -2.51. The van der Waals surface area contributed by atoms with Gasteiger partial charge in [0.2, 0.25) is 11.8 Å². The first-order valence-electron chi connectivity index (χ1n) is 6.96. The lowest BCUT2D eigenvalue weighted by Gasteiger charge is -2.28. The molecule has 1 heterocycles. The van der Waals surface area contributed by atoms with Crippen LogP contribution in [0.2, 0.25) is 0 Å². The van der Waals surface area contributed by atoms with Crippen molar-refractivity contribution in [2.75, 3.05) is 26.8 Å². The predicted molar refractivity (Wildman–Crippen MR) is 75.6 cm³/mol. The summed E-state index contributed by atoms with van der Waals surface area (Å²) in [6, 6.07) is -0.979. The highest BCUT2D eigenvalue weighted by atomic mass is 16.5. The van der Waals surface area contributed by atoms with E-state index in [9.17, 15) is 19.5 Å². The lowest BCUT2D eigenvalue weighted by molar-refractivity contribution is -0.145. The van der Waals surface area contributed by atoms with Gasteiger partial charge in [-0.3, -0.25) is 9.59 Å². The third kappa shape index (κ3) is 4.70. The Labute approximate surface area is 124 Å². The van der Waals surface area contributed by atoms with Gasteiger partial charge in [-0.15, -0.1) is 0 Å². The number of carboxylic acids is 1. The standard InChI is InChI=1S/C14H24N2O5/c1-14(2,3)11(13(19)20)15-12(18)9-7-10(17)16(8-9)5-6-21-4/h9,11H,5-8H2,1-4H3,(H,15,18)(H,19,20)/t9?,11-/m1/s1. The van der Waals surface area contributed by atoms with Gasteiger partial charge in [-0.2, -0.15) is 0 Å². The fourth-order valence-corrected chi connectivity index (χ4v) is 2.27. The molecule has 120 valence electrons. The molecule has 1 aliphatic heterocycles. The van der Waals surface area contributed by atoms with Crippen molar-refractivity contribution in [1.29, 1.82) is 0 Å². The molecule has 0 aromatic rings. The molecular formula is C14H24N2O5. The summed E-state index contributed by atoms with van der Waals surface area (Å²) in [6.45, 7) is 6.41. The molecule has 0 spiro atoms. The van der Waals surface area contributed by atoms with E-state index in [1.54, 1.807) is 32.8 Å². The zero-order valence-electron chi connectivity index (χ0n) is 13.0. The van der Waals surface area contributed by atoms with E-state index in [1.807, 2.05) is 0 Å². The van der Waals surface area contributed by atoms with Gasteiger partial charge in [-0.05, 0) is 5.41 Å². The maximum Gasteiger partial charge on any atom is 0.326 e. The minimum absolute atomic E-state index is 0.102. The molecule has 7 heteroatoms. The molecule has 2 atom stereocenters. The molecule has 1 fully saturated rings. The van der Waals surface area contributed by atoms with Crippen LogP contribution in [0, 0.1) is 11.3 Å². The molecule has 21 heavy (non-hydrogen) atoms. The number of carbonyl (C=O) groups excluding carboxylic acids is 2. The second kappa shape index (κ2) is 6.89. The first kappa shape index (κ1) is 17.4. The molecule has 0 aliphatic carbocycles. The van der Waals surface area contributed by atoms with E-state index in [0.717, 1.165) is 0 Å². The summed E-state index contributed by atoms with van der Waals surface area (Å²) in [5, 5.41) is 11.8. The Morgan fingerprint density at radius 2 is 2.10 bits per heavy atom. The number of carboxylic acid groups (broad SMARTS) is 1. The fourth-order valence-electron chi connectivity index (χ4n) is 2.27. The molecule has 0 aromatic carbocycles. The van der Waals surface area contributed by atoms with Crippen molar-refractivity contribution < 1.29 is 24.2 Å². The Kier molecular flexibility index (Phi) is 5.71. The lowest BCUT2D eigenvalue weighted by atomic mass is 9.86. The number of aliphatic carboxylic acids is 1. The molecule has 2 N–H and O–H groups in total. The van der Waals surface area contributed by atoms with Gasteiger partial charge in [0.15, 0.2) is 0 Å². The summed E-state index contributed by atoms with van der Waals surface area (Å²) in [4.78, 5) is 36.8. The van der Waals surface area contributed by atoms with Crippen molar-refractivity contribution in [2.24, 2.45) is 11.3 Å². The van der Waals surface area contributed by atoms with Gasteiger partial charge in [0.25, 0.3) is 0 Å². The van der Waals surface area contributed by atoms with Crippen molar-refractivity contribution in [3.8, 4) is 0 Å². The molecular weight excluding hydrogens is 276 g/mol. The Morgan fingerprint density at radius 3 is 2.57 bits per heavy atom. The van der Waals surface area contributed by atoms with Crippen LogP contribution < -0.4 is 5.32 Å². The molecule has 2 amide bonds. The molecule has 1 unspecified atom stereocenters. The Bertz CT molecular complexity index is 416. The number of hydrogen-bond acceptors (Lipinski definition) is 4. The average molecular weight is 300 g/mol. The van der Waals surface area contributed by atoms with Crippen LogP contribution in [0.4, 0.5) is 0 Å². The van der Waals surface area contributed by atoms with Gasteiger partial charge in [0, 0.05) is 26.6 Å². The summed E-state index contributed by atoms with van der Waals surface area (Å²) >= 11 is 0. The van der Waals surface area contributed by atoms with E-state index in [4.69, 9.17) is 4.74 Å². The average Bonchev–Trinajstić information content (AvgIpc) is 2.73. The van der Waals surface area contributed by atoms with Crippen LogP contribution in [0.5, 0.6) is 0 Å². The molecule has 7 nitrogen and oxygen atoms in total. The minimum atomic E-state index is -1.07. The van der Waals surface area contributed by atoms with E-state index in [1.165, 1.54) is 0 Å². The van der Waals surface area contributed by atoms with E-state index in [0.29, 0.717) is 19.7 Å². The third-order valence-corrected chi connectivity index (χ3v) is 3.55. The van der Waals surface area contributed by atoms with Crippen molar-refractivity contribution in [3.63, 3.8) is 0 Å². The Hall–Kier alpha value is -1.63. The zero-order valence-corrected chi connectivity index (χ0v) is 13.0. The predicted octanol–water partition coefficient (Wildman–Crippen LogP) is 0.0968. The molecule has 1 rings (SSSR count). The van der Waals surface area contributed by atoms with Crippen LogP contribution >= 0.6 is 0 Å². The molecule has 0 bridgehead atoms. The van der Waals surface area contributed by atoms with Gasteiger partial charge in [0.1, 0.15) is 6.04 Å². The number of nitrogens with one attached hydrogen (secondary N) is 1. The van der Waals surface area contributed by atoms with Gasteiger partial charge in [-0.25, -0.2) is 4.79 Å². The minimum Gasteiger partial charge on any atom is -0.480 e. The Balaban J connectivity index is 2.64. The second-order valence-corrected chi connectivity index (χ2v) is 6.38. The summed E-state index contributed by atoms with van der Waals surface area (Å²) in [7, 11) is 1.55. The van der Waals surface area contributed by atoms with Crippen LogP contribution in [0.25, 0.3) is 0 Å². The number of hydrogen-bond donors (Lipinski definition) is 2. The third-order valence-electron chi connectivity index (χ3n) is 3.55. The highest BCUT2D eigenvalue weighted by Crippen LogP contribution is 2.22. The first-order chi connectivity index (χ1) is 9.66. The smallest absolute Gasteiger partial charge is 0.326 e. The highest BCUT2D eigenvalue weighted by molar-refractivity contribution is 5.91. The van der Waals surface area contributed by atoms with Crippen LogP contribution in [0.1, 0.15) is 27.2 Å². The van der Waals surface area contributed by atoms with Gasteiger partial charge < -0.3 is 20.1 Å². The van der Waals surface area contributed by atoms with Crippen LogP contribution in [0.15, 0.2) is 0 Å². The zero-order chi connectivity index (χ0) is 16.2. The number of amides is 2. The number of carbonyl (C=O) groups is 3. The van der Waals surface area contributed by atoms with Crippen molar-refractivity contribution >= 4 is 17.8 Å². The number of methoxy groups -OCH3 is 1. The van der Waals surface area contributed by atoms with E-state index in [-0.39, 0.29) is 18.2 Å². The molecule has 0 saturated carbocycles. The quantitative estimate of drug-likeness (QED) is 0.725. The van der Waals surface area contributed by atoms with E-state index >= 15 is 0 Å². The highest BCUT2D eigenvalue weighted by Gasteiger charge is 2.38. The number of nitrogens with zero attached hydrogens (tertiary/aromatic N) is 1. The van der Waals surface area contributed by atoms with E-state index < -0.39 is 23.3 Å². The summed E-state index contributed by atoms with van der Waals surface area (Å²) < 4.78 is 4.92. The summed E-state index contributed by atoms with van der Waals surface area (Å²) in [5.41, 5.74) is -0.597. The molecule has 0 radical (unpaired) electrons. The Morgan fingerprint density at radius 1 is 1.48 bits per heavy atom. The van der Waals surface area contributed by atoms with Crippen molar-refractivity contribution in [3.05, 3.63) is 0 Å². The maximum atomic E-state index is 12.2. The number of rotatable bonds is 6. The topological polar surface area (TPSA) is 95.9 Å². The van der Waals surface area contributed by atoms with Gasteiger partial charge in [-0.1, -0.05) is 20.8 Å².